The molecule has 0 saturated heterocycles. The highest BCUT2D eigenvalue weighted by molar-refractivity contribution is 5.93. The van der Waals surface area contributed by atoms with Crippen molar-refractivity contribution < 1.29 is 9.84 Å². The maximum Gasteiger partial charge on any atom is 0.193 e. The lowest BCUT2D eigenvalue weighted by Gasteiger charge is -2.09. The molecule has 0 saturated carbocycles. The second kappa shape index (κ2) is 5.87. The number of benzene rings is 1. The first-order valence-electron chi connectivity index (χ1n) is 4.58. The molecule has 0 aliphatic carbocycles. The molecule has 0 spiro atoms. The van der Waals surface area contributed by atoms with Gasteiger partial charge >= 0.3 is 0 Å². The van der Waals surface area contributed by atoms with Crippen LogP contribution in [-0.2, 0) is 0 Å². The summed E-state index contributed by atoms with van der Waals surface area (Å²) in [5, 5.41) is 11.5. The molecule has 0 heterocycles. The average Bonchev–Trinajstić information content (AvgIpc) is 2.27. The predicted molar refractivity (Wildman–Crippen MR) is 60.2 cm³/mol. The quantitative estimate of drug-likeness (QED) is 0.496. The number of para-hydroxylation sites is 2. The minimum absolute atomic E-state index is 0.0195. The number of hydrogen-bond donors (Lipinski definition) is 3. The Morgan fingerprint density at radius 3 is 2.93 bits per heavy atom. The fourth-order valence-corrected chi connectivity index (χ4v) is 1.10. The van der Waals surface area contributed by atoms with Gasteiger partial charge in [0.25, 0.3) is 0 Å². The van der Waals surface area contributed by atoms with Gasteiger partial charge in [-0.05, 0) is 12.1 Å². The third kappa shape index (κ3) is 3.47. The predicted octanol–water partition coefficient (Wildman–Crippen LogP) is 0.414. The summed E-state index contributed by atoms with van der Waals surface area (Å²) in [4.78, 5) is 3.89. The zero-order chi connectivity index (χ0) is 11.1. The van der Waals surface area contributed by atoms with Crippen LogP contribution in [0.5, 0.6) is 5.75 Å². The van der Waals surface area contributed by atoms with E-state index in [9.17, 15) is 0 Å². The standard InChI is InChI=1S/C10H15N3O2/c1-15-9-5-3-2-4-8(9)13-10(11)12-6-7-14/h2-5,14H,6-7H2,1H3,(H3,11,12,13). The van der Waals surface area contributed by atoms with Gasteiger partial charge in [0.2, 0.25) is 0 Å². The Morgan fingerprint density at radius 2 is 2.27 bits per heavy atom. The number of nitrogens with one attached hydrogen (secondary N) is 1. The van der Waals surface area contributed by atoms with Gasteiger partial charge in [0.1, 0.15) is 5.75 Å². The molecule has 0 atom stereocenters. The highest BCUT2D eigenvalue weighted by atomic mass is 16.5. The van der Waals surface area contributed by atoms with Gasteiger partial charge in [-0.25, -0.2) is 0 Å². The minimum atomic E-state index is -0.0195. The van der Waals surface area contributed by atoms with E-state index in [1.54, 1.807) is 7.11 Å². The summed E-state index contributed by atoms with van der Waals surface area (Å²) in [5.74, 6) is 0.952. The van der Waals surface area contributed by atoms with Crippen LogP contribution in [-0.4, -0.2) is 31.3 Å². The summed E-state index contributed by atoms with van der Waals surface area (Å²) < 4.78 is 5.13. The Hall–Kier alpha value is -1.75. The van der Waals surface area contributed by atoms with Crippen molar-refractivity contribution in [1.82, 2.24) is 0 Å². The first kappa shape index (κ1) is 11.3. The summed E-state index contributed by atoms with van der Waals surface area (Å²) in [6, 6.07) is 7.39. The highest BCUT2D eigenvalue weighted by Crippen LogP contribution is 2.22. The van der Waals surface area contributed by atoms with Crippen molar-refractivity contribution in [3.8, 4) is 5.75 Å². The maximum atomic E-state index is 8.57. The number of rotatable bonds is 4. The topological polar surface area (TPSA) is 79.9 Å². The van der Waals surface area contributed by atoms with Gasteiger partial charge in [0.15, 0.2) is 5.96 Å². The lowest BCUT2D eigenvalue weighted by atomic mass is 10.3. The molecule has 0 bridgehead atoms. The molecule has 1 aromatic carbocycles. The first-order chi connectivity index (χ1) is 7.27. The van der Waals surface area contributed by atoms with Crippen LogP contribution in [0.3, 0.4) is 0 Å². The van der Waals surface area contributed by atoms with Crippen LogP contribution in [0.15, 0.2) is 29.3 Å². The Bertz CT molecular complexity index is 339. The van der Waals surface area contributed by atoms with Crippen LogP contribution in [0, 0.1) is 0 Å². The molecule has 82 valence electrons. The van der Waals surface area contributed by atoms with E-state index in [4.69, 9.17) is 15.6 Å². The second-order valence-electron chi connectivity index (χ2n) is 2.82. The van der Waals surface area contributed by atoms with Crippen molar-refractivity contribution in [3.63, 3.8) is 0 Å². The molecule has 5 nitrogen and oxygen atoms in total. The van der Waals surface area contributed by atoms with E-state index in [1.165, 1.54) is 0 Å². The molecule has 0 aromatic heterocycles. The van der Waals surface area contributed by atoms with Crippen molar-refractivity contribution in [2.24, 2.45) is 10.7 Å². The Balaban J connectivity index is 2.71. The number of nitrogens with two attached hydrogens (primary N) is 1. The van der Waals surface area contributed by atoms with Crippen LogP contribution in [0.2, 0.25) is 0 Å². The largest absolute Gasteiger partial charge is 0.495 e. The molecule has 15 heavy (non-hydrogen) atoms. The lowest BCUT2D eigenvalue weighted by Crippen LogP contribution is -2.23. The Kier molecular flexibility index (Phi) is 4.43. The minimum Gasteiger partial charge on any atom is -0.495 e. The molecular weight excluding hydrogens is 194 g/mol. The zero-order valence-corrected chi connectivity index (χ0v) is 8.60. The number of guanidine groups is 1. The number of aliphatic imine (C=N–C) groups is 1. The van der Waals surface area contributed by atoms with Crippen molar-refractivity contribution >= 4 is 11.6 Å². The van der Waals surface area contributed by atoms with Gasteiger partial charge in [-0.15, -0.1) is 0 Å². The molecule has 0 amide bonds. The first-order valence-corrected chi connectivity index (χ1v) is 4.58. The number of ether oxygens (including phenoxy) is 1. The molecule has 1 rings (SSSR count). The number of methoxy groups -OCH3 is 1. The van der Waals surface area contributed by atoms with E-state index in [2.05, 4.69) is 10.3 Å². The maximum absolute atomic E-state index is 8.57. The molecule has 0 radical (unpaired) electrons. The molecule has 1 aromatic rings. The van der Waals surface area contributed by atoms with E-state index in [0.717, 1.165) is 5.69 Å². The number of aliphatic hydroxyl groups excluding tert-OH is 1. The zero-order valence-electron chi connectivity index (χ0n) is 8.60. The van der Waals surface area contributed by atoms with Crippen LogP contribution >= 0.6 is 0 Å². The fraction of sp³-hybridized carbons (Fsp3) is 0.300. The molecule has 0 aliphatic heterocycles. The van der Waals surface area contributed by atoms with Crippen LogP contribution < -0.4 is 15.8 Å². The van der Waals surface area contributed by atoms with E-state index >= 15 is 0 Å². The van der Waals surface area contributed by atoms with E-state index in [1.807, 2.05) is 24.3 Å². The summed E-state index contributed by atoms with van der Waals surface area (Å²) >= 11 is 0. The number of nitrogens with zero attached hydrogens (tertiary/aromatic N) is 1. The monoisotopic (exact) mass is 209 g/mol. The van der Waals surface area contributed by atoms with Gasteiger partial charge in [-0.3, -0.25) is 4.99 Å². The summed E-state index contributed by atoms with van der Waals surface area (Å²) in [6.45, 7) is 0.266. The third-order valence-corrected chi connectivity index (χ3v) is 1.75. The van der Waals surface area contributed by atoms with Gasteiger partial charge in [-0.1, -0.05) is 12.1 Å². The second-order valence-corrected chi connectivity index (χ2v) is 2.82. The molecule has 0 aliphatic rings. The van der Waals surface area contributed by atoms with Gasteiger partial charge < -0.3 is 20.9 Å². The number of hydrogen-bond acceptors (Lipinski definition) is 3. The van der Waals surface area contributed by atoms with Crippen molar-refractivity contribution in [2.45, 2.75) is 0 Å². The normalized spacial score (nSPS) is 11.2. The van der Waals surface area contributed by atoms with Crippen molar-refractivity contribution in [2.75, 3.05) is 25.6 Å². The van der Waals surface area contributed by atoms with Crippen LogP contribution in [0.25, 0.3) is 0 Å². The Morgan fingerprint density at radius 1 is 1.53 bits per heavy atom. The molecule has 5 heteroatoms. The molecular formula is C10H15N3O2. The summed E-state index contributed by atoms with van der Waals surface area (Å²) in [5.41, 5.74) is 6.34. The van der Waals surface area contributed by atoms with Crippen molar-refractivity contribution in [1.29, 1.82) is 0 Å². The van der Waals surface area contributed by atoms with Crippen LogP contribution in [0.4, 0.5) is 5.69 Å². The van der Waals surface area contributed by atoms with Crippen molar-refractivity contribution in [3.05, 3.63) is 24.3 Å². The SMILES string of the molecule is COc1ccccc1NC(N)=NCCO. The molecule has 0 unspecified atom stereocenters. The molecule has 4 N–H and O–H groups in total. The van der Waals surface area contributed by atoms with E-state index in [0.29, 0.717) is 5.75 Å². The fourth-order valence-electron chi connectivity index (χ4n) is 1.10. The van der Waals surface area contributed by atoms with Gasteiger partial charge in [0, 0.05) is 0 Å². The highest BCUT2D eigenvalue weighted by Gasteiger charge is 2.01. The smallest absolute Gasteiger partial charge is 0.193 e. The number of aliphatic hydroxyl groups is 1. The van der Waals surface area contributed by atoms with Gasteiger partial charge in [0.05, 0.1) is 25.9 Å². The Labute approximate surface area is 88.6 Å². The summed E-state index contributed by atoms with van der Waals surface area (Å²) in [6.07, 6.45) is 0. The van der Waals surface area contributed by atoms with E-state index < -0.39 is 0 Å². The van der Waals surface area contributed by atoms with E-state index in [-0.39, 0.29) is 19.1 Å². The average molecular weight is 209 g/mol. The summed E-state index contributed by atoms with van der Waals surface area (Å²) in [7, 11) is 1.58. The van der Waals surface area contributed by atoms with Gasteiger partial charge in [-0.2, -0.15) is 0 Å². The number of anilines is 1. The third-order valence-electron chi connectivity index (χ3n) is 1.75. The van der Waals surface area contributed by atoms with Crippen LogP contribution in [0.1, 0.15) is 0 Å². The lowest BCUT2D eigenvalue weighted by molar-refractivity contribution is 0.307. The molecule has 0 fully saturated rings.